The van der Waals surface area contributed by atoms with Crippen LogP contribution in [0.25, 0.3) is 10.9 Å². The number of aromatic nitrogens is 1. The second-order valence-corrected chi connectivity index (χ2v) is 7.11. The van der Waals surface area contributed by atoms with Gasteiger partial charge >= 0.3 is 0 Å². The van der Waals surface area contributed by atoms with E-state index in [0.717, 1.165) is 24.0 Å². The quantitative estimate of drug-likeness (QED) is 0.479. The van der Waals surface area contributed by atoms with E-state index in [9.17, 15) is 9.50 Å². The molecule has 0 bridgehead atoms. The molecule has 3 aromatic rings. The SMILES string of the molecule is Oc1c(N=NC(=S)Nc2ccc(F)cc2)c2ccccc2n1CN1CCCC1. The van der Waals surface area contributed by atoms with E-state index < -0.39 is 0 Å². The number of thiocarbonyl (C=S) groups is 1. The Balaban J connectivity index is 1.59. The Bertz CT molecular complexity index is 1030. The van der Waals surface area contributed by atoms with Crippen molar-refractivity contribution in [2.75, 3.05) is 18.4 Å². The van der Waals surface area contributed by atoms with E-state index in [-0.39, 0.29) is 16.8 Å². The number of hydrogen-bond acceptors (Lipinski definition) is 4. The van der Waals surface area contributed by atoms with Crippen molar-refractivity contribution in [3.63, 3.8) is 0 Å². The van der Waals surface area contributed by atoms with Crippen molar-refractivity contribution in [3.8, 4) is 5.88 Å². The molecule has 1 aliphatic rings. The lowest BCUT2D eigenvalue weighted by Gasteiger charge is -2.17. The standard InChI is InChI=1S/C20H20FN5OS/c21-14-7-9-15(10-8-14)22-20(28)24-23-18-16-5-1-2-6-17(16)26(19(18)27)13-25-11-3-4-12-25/h1-2,5-10,27H,3-4,11-13H2,(H,22,28). The Hall–Kier alpha value is -2.84. The molecule has 28 heavy (non-hydrogen) atoms. The molecular weight excluding hydrogens is 377 g/mol. The molecule has 144 valence electrons. The maximum Gasteiger partial charge on any atom is 0.221 e. The van der Waals surface area contributed by atoms with Gasteiger partial charge in [-0.05, 0) is 68.5 Å². The predicted octanol–water partition coefficient (Wildman–Crippen LogP) is 5.02. The average Bonchev–Trinajstić information content (AvgIpc) is 3.30. The van der Waals surface area contributed by atoms with Gasteiger partial charge in [0.1, 0.15) is 5.82 Å². The zero-order chi connectivity index (χ0) is 19.5. The van der Waals surface area contributed by atoms with Gasteiger partial charge in [-0.3, -0.25) is 9.47 Å². The summed E-state index contributed by atoms with van der Waals surface area (Å²) in [5, 5.41) is 22.8. The Morgan fingerprint density at radius 2 is 1.82 bits per heavy atom. The number of fused-ring (bicyclic) bond motifs is 1. The Kier molecular flexibility index (Phi) is 5.31. The number of rotatable bonds is 4. The normalized spacial score (nSPS) is 14.9. The Labute approximate surface area is 167 Å². The number of anilines is 1. The fraction of sp³-hybridized carbons (Fsp3) is 0.250. The number of likely N-dealkylation sites (tertiary alicyclic amines) is 1. The van der Waals surface area contributed by atoms with E-state index in [1.807, 2.05) is 28.8 Å². The minimum Gasteiger partial charge on any atom is -0.493 e. The van der Waals surface area contributed by atoms with Crippen LogP contribution in [0.15, 0.2) is 58.8 Å². The third kappa shape index (κ3) is 3.88. The molecule has 1 saturated heterocycles. The third-order valence-corrected chi connectivity index (χ3v) is 4.98. The van der Waals surface area contributed by atoms with Gasteiger partial charge in [-0.15, -0.1) is 10.2 Å². The van der Waals surface area contributed by atoms with Gasteiger partial charge in [-0.25, -0.2) is 4.39 Å². The van der Waals surface area contributed by atoms with E-state index in [1.165, 1.54) is 25.0 Å². The molecule has 0 atom stereocenters. The molecule has 0 aliphatic carbocycles. The van der Waals surface area contributed by atoms with Gasteiger partial charge in [0.25, 0.3) is 0 Å². The smallest absolute Gasteiger partial charge is 0.221 e. The molecule has 2 heterocycles. The van der Waals surface area contributed by atoms with E-state index >= 15 is 0 Å². The summed E-state index contributed by atoms with van der Waals surface area (Å²) >= 11 is 5.19. The van der Waals surface area contributed by atoms with Gasteiger partial charge in [0.15, 0.2) is 5.69 Å². The van der Waals surface area contributed by atoms with Crippen LogP contribution < -0.4 is 5.32 Å². The number of nitrogens with one attached hydrogen (secondary N) is 1. The molecule has 0 unspecified atom stereocenters. The topological polar surface area (TPSA) is 65.2 Å². The van der Waals surface area contributed by atoms with Gasteiger partial charge in [0.05, 0.1) is 12.2 Å². The van der Waals surface area contributed by atoms with Gasteiger partial charge < -0.3 is 10.4 Å². The van der Waals surface area contributed by atoms with Crippen molar-refractivity contribution >= 4 is 39.6 Å². The summed E-state index contributed by atoms with van der Waals surface area (Å²) in [5.41, 5.74) is 1.90. The molecule has 1 aromatic heterocycles. The lowest BCUT2D eigenvalue weighted by molar-refractivity contribution is 0.258. The van der Waals surface area contributed by atoms with Crippen molar-refractivity contribution < 1.29 is 9.50 Å². The van der Waals surface area contributed by atoms with Crippen LogP contribution in [0.4, 0.5) is 15.8 Å². The molecule has 0 radical (unpaired) electrons. The molecule has 0 saturated carbocycles. The highest BCUT2D eigenvalue weighted by Crippen LogP contribution is 2.39. The Morgan fingerprint density at radius 3 is 2.57 bits per heavy atom. The van der Waals surface area contributed by atoms with E-state index in [4.69, 9.17) is 12.2 Å². The summed E-state index contributed by atoms with van der Waals surface area (Å²) in [4.78, 5) is 2.30. The first-order valence-electron chi connectivity index (χ1n) is 9.12. The fourth-order valence-electron chi connectivity index (χ4n) is 3.41. The number of azo groups is 1. The molecule has 4 rings (SSSR count). The summed E-state index contributed by atoms with van der Waals surface area (Å²) in [6.07, 6.45) is 2.35. The first-order chi connectivity index (χ1) is 13.6. The predicted molar refractivity (Wildman–Crippen MR) is 112 cm³/mol. The van der Waals surface area contributed by atoms with Crippen LogP contribution >= 0.6 is 12.2 Å². The van der Waals surface area contributed by atoms with Gasteiger partial charge in [-0.1, -0.05) is 18.2 Å². The van der Waals surface area contributed by atoms with E-state index in [2.05, 4.69) is 20.4 Å². The highest BCUT2D eigenvalue weighted by Gasteiger charge is 2.20. The lowest BCUT2D eigenvalue weighted by atomic mass is 10.2. The van der Waals surface area contributed by atoms with Gasteiger partial charge in [0.2, 0.25) is 11.0 Å². The molecule has 2 aromatic carbocycles. The monoisotopic (exact) mass is 397 g/mol. The van der Waals surface area contributed by atoms with Gasteiger partial charge in [-0.2, -0.15) is 0 Å². The zero-order valence-corrected chi connectivity index (χ0v) is 16.0. The highest BCUT2D eigenvalue weighted by atomic mass is 32.1. The number of benzene rings is 2. The molecule has 0 spiro atoms. The van der Waals surface area contributed by atoms with Crippen LogP contribution in [0.3, 0.4) is 0 Å². The van der Waals surface area contributed by atoms with Crippen LogP contribution in [-0.4, -0.2) is 32.8 Å². The van der Waals surface area contributed by atoms with Gasteiger partial charge in [0, 0.05) is 11.1 Å². The average molecular weight is 397 g/mol. The van der Waals surface area contributed by atoms with Crippen molar-refractivity contribution in [3.05, 3.63) is 54.3 Å². The number of nitrogens with zero attached hydrogens (tertiary/aromatic N) is 4. The second kappa shape index (κ2) is 8.04. The first kappa shape index (κ1) is 18.5. The summed E-state index contributed by atoms with van der Waals surface area (Å²) in [6.45, 7) is 2.66. The van der Waals surface area contributed by atoms with Crippen LogP contribution in [-0.2, 0) is 6.67 Å². The van der Waals surface area contributed by atoms with Crippen molar-refractivity contribution in [1.29, 1.82) is 0 Å². The maximum absolute atomic E-state index is 13.0. The summed E-state index contributed by atoms with van der Waals surface area (Å²) in [6, 6.07) is 13.5. The molecule has 1 aliphatic heterocycles. The molecule has 1 fully saturated rings. The first-order valence-corrected chi connectivity index (χ1v) is 9.53. The molecule has 6 nitrogen and oxygen atoms in total. The van der Waals surface area contributed by atoms with E-state index in [1.54, 1.807) is 12.1 Å². The summed E-state index contributed by atoms with van der Waals surface area (Å²) in [7, 11) is 0. The number of aromatic hydroxyl groups is 1. The summed E-state index contributed by atoms with van der Waals surface area (Å²) in [5.74, 6) is -0.254. The lowest BCUT2D eigenvalue weighted by Crippen LogP contribution is -2.22. The van der Waals surface area contributed by atoms with Crippen LogP contribution in [0.5, 0.6) is 5.88 Å². The number of para-hydroxylation sites is 1. The molecular formula is C20H20FN5OS. The largest absolute Gasteiger partial charge is 0.493 e. The van der Waals surface area contributed by atoms with Crippen LogP contribution in [0.1, 0.15) is 12.8 Å². The second-order valence-electron chi connectivity index (χ2n) is 6.72. The highest BCUT2D eigenvalue weighted by molar-refractivity contribution is 7.80. The van der Waals surface area contributed by atoms with Crippen molar-refractivity contribution in [2.24, 2.45) is 10.2 Å². The van der Waals surface area contributed by atoms with Crippen molar-refractivity contribution in [2.45, 2.75) is 19.5 Å². The van der Waals surface area contributed by atoms with Crippen molar-refractivity contribution in [1.82, 2.24) is 9.47 Å². The van der Waals surface area contributed by atoms with Crippen LogP contribution in [0, 0.1) is 5.82 Å². The minimum absolute atomic E-state index is 0.0708. The van der Waals surface area contributed by atoms with E-state index in [0.29, 0.717) is 18.0 Å². The fourth-order valence-corrected chi connectivity index (χ4v) is 3.57. The molecule has 2 N–H and O–H groups in total. The summed E-state index contributed by atoms with van der Waals surface area (Å²) < 4.78 is 14.9. The Morgan fingerprint density at radius 1 is 1.11 bits per heavy atom. The third-order valence-electron chi connectivity index (χ3n) is 4.79. The minimum atomic E-state index is -0.325. The zero-order valence-electron chi connectivity index (χ0n) is 15.2. The number of halogens is 1. The maximum atomic E-state index is 13.0. The number of hydrogen-bond donors (Lipinski definition) is 2. The molecule has 8 heteroatoms. The van der Waals surface area contributed by atoms with Crippen LogP contribution in [0.2, 0.25) is 0 Å². The molecule has 0 amide bonds.